The number of amides is 1. The summed E-state index contributed by atoms with van der Waals surface area (Å²) in [4.78, 5) is 47.5. The van der Waals surface area contributed by atoms with Crippen molar-refractivity contribution in [2.45, 2.75) is 213 Å². The fourth-order valence-corrected chi connectivity index (χ4v) is 7.86. The maximum atomic E-state index is 12.9. The average molecular weight is 914 g/mol. The van der Waals surface area contributed by atoms with Crippen molar-refractivity contribution in [1.29, 1.82) is 0 Å². The number of hydrogen-bond donors (Lipinski definition) is 3. The summed E-state index contributed by atoms with van der Waals surface area (Å²) in [6.45, 7) is 7.87. The molecule has 0 aliphatic carbocycles. The Hall–Kier alpha value is -4.67. The molecule has 0 saturated heterocycles. The molecular weight excluding hydrogens is 827 g/mol. The number of nitrogens with zero attached hydrogens (tertiary/aromatic N) is 2. The second kappa shape index (κ2) is 37.4. The summed E-state index contributed by atoms with van der Waals surface area (Å²) in [7, 11) is 0. The van der Waals surface area contributed by atoms with E-state index in [4.69, 9.17) is 14.2 Å². The summed E-state index contributed by atoms with van der Waals surface area (Å²) < 4.78 is 16.6. The number of unbranched alkanes of at least 4 members (excludes halogenated alkanes) is 27. The Bertz CT molecular complexity index is 1600. The molecule has 3 rings (SSSR count). The van der Waals surface area contributed by atoms with Crippen LogP contribution >= 0.6 is 0 Å². The number of hydrogen-bond acceptors (Lipinski definition) is 10. The maximum absolute atomic E-state index is 12.9. The minimum Gasteiger partial charge on any atom is -0.462 e. The largest absolute Gasteiger partial charge is 0.462 e. The number of carbonyl (C=O) groups excluding carboxylic acids is 3. The molecule has 1 amide bonds. The number of ether oxygens (including phenoxy) is 3. The smallest absolute Gasteiger partial charge is 0.414 e. The Morgan fingerprint density at radius 1 is 0.394 bits per heavy atom. The van der Waals surface area contributed by atoms with Gasteiger partial charge in [-0.25, -0.2) is 14.4 Å². The molecule has 0 radical (unpaired) electrons. The van der Waals surface area contributed by atoms with Crippen molar-refractivity contribution in [2.24, 2.45) is 0 Å². The Balaban J connectivity index is 1.51. The first-order valence-electron chi connectivity index (χ1n) is 26.3. The van der Waals surface area contributed by atoms with Gasteiger partial charge in [-0.1, -0.05) is 194 Å². The monoisotopic (exact) mass is 914 g/mol. The highest BCUT2D eigenvalue weighted by Crippen LogP contribution is 2.24. The van der Waals surface area contributed by atoms with Crippen LogP contribution in [0.1, 0.15) is 234 Å². The number of aromatic nitrogens is 2. The van der Waals surface area contributed by atoms with Crippen molar-refractivity contribution >= 4 is 47.0 Å². The predicted octanol–water partition coefficient (Wildman–Crippen LogP) is 16.6. The fraction of sp³-hybridized carbons (Fsp3) is 0.655. The van der Waals surface area contributed by atoms with Crippen molar-refractivity contribution in [1.82, 2.24) is 9.97 Å². The SMILES string of the molecule is CCCCCCCCCCCCOC(=O)Nc1nc(Nc2ccc(C(=O)OCCCCCCCCCCCC)cc2)cc(Nc2ccc(C(=O)OCCCCCCCCCCCC)cc2)n1. The second-order valence-corrected chi connectivity index (χ2v) is 17.9. The number of nitrogens with one attached hydrogen (secondary N) is 3. The lowest BCUT2D eigenvalue weighted by Crippen LogP contribution is -2.17. The Kier molecular flexibility index (Phi) is 31.6. The van der Waals surface area contributed by atoms with Crippen LogP contribution in [0.15, 0.2) is 54.6 Å². The lowest BCUT2D eigenvalue weighted by atomic mass is 10.1. The third kappa shape index (κ3) is 27.1. The van der Waals surface area contributed by atoms with Gasteiger partial charge >= 0.3 is 18.0 Å². The second-order valence-electron chi connectivity index (χ2n) is 17.9. The van der Waals surface area contributed by atoms with E-state index in [1.807, 2.05) is 0 Å². The minimum absolute atomic E-state index is 0.0508. The van der Waals surface area contributed by atoms with Crippen LogP contribution in [-0.2, 0) is 14.2 Å². The molecule has 0 fully saturated rings. The van der Waals surface area contributed by atoms with E-state index in [0.717, 1.165) is 44.9 Å². The lowest BCUT2D eigenvalue weighted by molar-refractivity contribution is 0.0488. The summed E-state index contributed by atoms with van der Waals surface area (Å²) in [5.41, 5.74) is 2.30. The molecular formula is C55H87N5O6. The molecule has 0 aliphatic heterocycles. The molecule has 0 saturated carbocycles. The molecule has 1 heterocycles. The molecule has 11 nitrogen and oxygen atoms in total. The topological polar surface area (TPSA) is 141 Å². The van der Waals surface area contributed by atoms with Crippen molar-refractivity contribution in [3.8, 4) is 0 Å². The van der Waals surface area contributed by atoms with Crippen molar-refractivity contribution in [3.05, 3.63) is 65.7 Å². The van der Waals surface area contributed by atoms with Gasteiger partial charge in [-0.2, -0.15) is 9.97 Å². The molecule has 0 aliphatic rings. The van der Waals surface area contributed by atoms with Crippen LogP contribution in [0.25, 0.3) is 0 Å². The maximum Gasteiger partial charge on any atom is 0.414 e. The first-order valence-corrected chi connectivity index (χ1v) is 26.3. The number of benzene rings is 2. The van der Waals surface area contributed by atoms with Crippen LogP contribution in [0.3, 0.4) is 0 Å². The van der Waals surface area contributed by atoms with E-state index in [1.165, 1.54) is 148 Å². The molecule has 2 aromatic carbocycles. The highest BCUT2D eigenvalue weighted by Gasteiger charge is 2.13. The van der Waals surface area contributed by atoms with Gasteiger partial charge in [0.2, 0.25) is 5.95 Å². The fourth-order valence-electron chi connectivity index (χ4n) is 7.86. The van der Waals surface area contributed by atoms with Gasteiger partial charge in [-0.05, 0) is 67.8 Å². The quantitative estimate of drug-likeness (QED) is 0.0287. The zero-order chi connectivity index (χ0) is 47.1. The van der Waals surface area contributed by atoms with Gasteiger partial charge in [-0.15, -0.1) is 0 Å². The van der Waals surface area contributed by atoms with Crippen LogP contribution < -0.4 is 16.0 Å². The third-order valence-electron chi connectivity index (χ3n) is 11.9. The third-order valence-corrected chi connectivity index (χ3v) is 11.9. The van der Waals surface area contributed by atoms with E-state index in [0.29, 0.717) is 54.0 Å². The molecule has 66 heavy (non-hydrogen) atoms. The van der Waals surface area contributed by atoms with E-state index in [9.17, 15) is 14.4 Å². The Morgan fingerprint density at radius 2 is 0.682 bits per heavy atom. The first-order chi connectivity index (χ1) is 32.4. The summed E-state index contributed by atoms with van der Waals surface area (Å²) >= 11 is 0. The molecule has 1 aromatic heterocycles. The number of anilines is 5. The van der Waals surface area contributed by atoms with Gasteiger partial charge in [0.1, 0.15) is 11.6 Å². The van der Waals surface area contributed by atoms with Gasteiger partial charge < -0.3 is 24.8 Å². The molecule has 3 N–H and O–H groups in total. The lowest BCUT2D eigenvalue weighted by Gasteiger charge is -2.13. The molecule has 0 atom stereocenters. The Labute approximate surface area is 399 Å². The van der Waals surface area contributed by atoms with Crippen LogP contribution in [0, 0.1) is 0 Å². The molecule has 0 bridgehead atoms. The zero-order valence-corrected chi connectivity index (χ0v) is 41.4. The van der Waals surface area contributed by atoms with Gasteiger partial charge in [0, 0.05) is 17.4 Å². The van der Waals surface area contributed by atoms with Gasteiger partial charge in [0.25, 0.3) is 0 Å². The normalized spacial score (nSPS) is 11.0. The average Bonchev–Trinajstić information content (AvgIpc) is 3.32. The number of esters is 2. The number of carbonyl (C=O) groups is 3. The summed E-state index contributed by atoms with van der Waals surface area (Å²) in [5, 5.41) is 9.22. The van der Waals surface area contributed by atoms with E-state index in [1.54, 1.807) is 54.6 Å². The van der Waals surface area contributed by atoms with E-state index in [2.05, 4.69) is 46.7 Å². The minimum atomic E-state index is -0.629. The molecule has 11 heteroatoms. The Morgan fingerprint density at radius 3 is 1.00 bits per heavy atom. The van der Waals surface area contributed by atoms with Crippen molar-refractivity contribution < 1.29 is 28.6 Å². The highest BCUT2D eigenvalue weighted by atomic mass is 16.5. The molecule has 3 aromatic rings. The zero-order valence-electron chi connectivity index (χ0n) is 41.4. The van der Waals surface area contributed by atoms with Gasteiger partial charge in [-0.3, -0.25) is 5.32 Å². The van der Waals surface area contributed by atoms with Crippen molar-refractivity contribution in [3.63, 3.8) is 0 Å². The van der Waals surface area contributed by atoms with E-state index < -0.39 is 6.09 Å². The van der Waals surface area contributed by atoms with Crippen LogP contribution in [-0.4, -0.2) is 47.8 Å². The summed E-state index contributed by atoms with van der Waals surface area (Å²) in [6, 6.07) is 15.7. The van der Waals surface area contributed by atoms with Crippen LogP contribution in [0.5, 0.6) is 0 Å². The van der Waals surface area contributed by atoms with E-state index in [-0.39, 0.29) is 17.9 Å². The summed E-state index contributed by atoms with van der Waals surface area (Å²) in [6.07, 6.45) is 35.8. The van der Waals surface area contributed by atoms with Crippen LogP contribution in [0.2, 0.25) is 0 Å². The van der Waals surface area contributed by atoms with Crippen LogP contribution in [0.4, 0.5) is 33.8 Å². The molecule has 368 valence electrons. The number of rotatable bonds is 40. The van der Waals surface area contributed by atoms with Crippen molar-refractivity contribution in [2.75, 3.05) is 35.8 Å². The summed E-state index contributed by atoms with van der Waals surface area (Å²) in [5.74, 6) is 0.168. The van der Waals surface area contributed by atoms with Gasteiger partial charge in [0.15, 0.2) is 0 Å². The highest BCUT2D eigenvalue weighted by molar-refractivity contribution is 5.90. The molecule has 0 spiro atoms. The van der Waals surface area contributed by atoms with Gasteiger partial charge in [0.05, 0.1) is 30.9 Å². The standard InChI is InChI=1S/C55H87N5O6/c1-4-7-10-13-16-19-22-25-28-31-42-64-52(61)46-34-38-48(39-35-46)56-50-45-51(59-54(58-50)60-55(63)66-44-33-30-27-24-21-18-15-12-9-6-3)57-49-40-36-47(37-41-49)53(62)65-43-32-29-26-23-20-17-14-11-8-5-2/h34-41,45H,4-33,42-44H2,1-3H3,(H3,56,57,58,59,60,63). The van der Waals surface area contributed by atoms with E-state index >= 15 is 0 Å². The first kappa shape index (κ1) is 55.7. The predicted molar refractivity (Wildman–Crippen MR) is 273 cm³/mol. The molecule has 0 unspecified atom stereocenters.